The molecule has 1 fully saturated rings. The van der Waals surface area contributed by atoms with Crippen molar-refractivity contribution in [1.82, 2.24) is 24.7 Å². The lowest BCUT2D eigenvalue weighted by Gasteiger charge is -2.24. The molecule has 9 nitrogen and oxygen atoms in total. The zero-order chi connectivity index (χ0) is 25.9. The second kappa shape index (κ2) is 10.9. The topological polar surface area (TPSA) is 109 Å². The van der Waals surface area contributed by atoms with E-state index >= 15 is 0 Å². The van der Waals surface area contributed by atoms with E-state index < -0.39 is 15.1 Å². The number of nitrogens with zero attached hydrogens (tertiary/aromatic N) is 5. The van der Waals surface area contributed by atoms with Crippen LogP contribution in [0.5, 0.6) is 11.5 Å². The third-order valence-corrected chi connectivity index (χ3v) is 9.36. The van der Waals surface area contributed by atoms with Crippen molar-refractivity contribution in [2.75, 3.05) is 14.2 Å². The van der Waals surface area contributed by atoms with Crippen molar-refractivity contribution in [3.63, 3.8) is 0 Å². The van der Waals surface area contributed by atoms with Gasteiger partial charge < -0.3 is 9.47 Å². The average Bonchev–Trinajstić information content (AvgIpc) is 3.30. The van der Waals surface area contributed by atoms with Crippen molar-refractivity contribution in [2.45, 2.75) is 75.7 Å². The van der Waals surface area contributed by atoms with Crippen LogP contribution in [0.1, 0.15) is 80.8 Å². The summed E-state index contributed by atoms with van der Waals surface area (Å²) >= 11 is 0. The van der Waals surface area contributed by atoms with Gasteiger partial charge >= 0.3 is 0 Å². The Hall–Kier alpha value is -3.01. The zero-order valence-electron chi connectivity index (χ0n) is 21.6. The van der Waals surface area contributed by atoms with Gasteiger partial charge in [-0.05, 0) is 44.4 Å². The molecule has 2 aromatic heterocycles. The van der Waals surface area contributed by atoms with E-state index in [1.807, 2.05) is 36.6 Å². The number of ether oxygens (including phenoxy) is 2. The summed E-state index contributed by atoms with van der Waals surface area (Å²) < 4.78 is 40.5. The minimum absolute atomic E-state index is 0.189. The third-order valence-electron chi connectivity index (χ3n) is 7.16. The van der Waals surface area contributed by atoms with Crippen LogP contribution in [0.4, 0.5) is 0 Å². The normalized spacial score (nSPS) is 16.5. The molecule has 3 aromatic rings. The Morgan fingerprint density at radius 3 is 2.19 bits per heavy atom. The summed E-state index contributed by atoms with van der Waals surface area (Å²) in [5.41, 5.74) is 1.55. The van der Waals surface area contributed by atoms with E-state index in [4.69, 9.17) is 9.47 Å². The van der Waals surface area contributed by atoms with E-state index in [-0.39, 0.29) is 17.6 Å². The van der Waals surface area contributed by atoms with Gasteiger partial charge in [-0.2, -0.15) is 0 Å². The smallest absolute Gasteiger partial charge is 0.160 e. The number of rotatable bonds is 9. The maximum Gasteiger partial charge on any atom is 0.160 e. The molecular formula is C26H35N5O4S. The Morgan fingerprint density at radius 1 is 1.00 bits per heavy atom. The summed E-state index contributed by atoms with van der Waals surface area (Å²) in [5.74, 6) is 2.28. The lowest BCUT2D eigenvalue weighted by atomic mass is 9.88. The molecule has 0 spiro atoms. The molecule has 1 aliphatic rings. The first kappa shape index (κ1) is 26.1. The zero-order valence-corrected chi connectivity index (χ0v) is 22.5. The van der Waals surface area contributed by atoms with Crippen LogP contribution in [-0.2, 0) is 15.6 Å². The summed E-state index contributed by atoms with van der Waals surface area (Å²) in [7, 11) is -0.467. The van der Waals surface area contributed by atoms with Crippen LogP contribution >= 0.6 is 0 Å². The van der Waals surface area contributed by atoms with E-state index in [0.717, 1.165) is 37.1 Å². The number of aromatic nitrogens is 5. The van der Waals surface area contributed by atoms with Crippen molar-refractivity contribution >= 4 is 9.84 Å². The molecule has 0 bridgehead atoms. The number of sulfone groups is 1. The van der Waals surface area contributed by atoms with Gasteiger partial charge in [0.25, 0.3) is 0 Å². The standard InChI is InChI=1S/C26H35N5O4S/c1-17-14-27-25(28-15-17)18(2)19(3)36(32,33)16-23-29-30-26(20-10-7-6-8-11-20)31(23)24-21(34-4)12-9-13-22(24)35-5/h9,12-15,18-20H,6-8,10-11,16H2,1-5H3/t18-,19-/m0/s1. The van der Waals surface area contributed by atoms with Crippen LogP contribution < -0.4 is 9.47 Å². The fraction of sp³-hybridized carbons (Fsp3) is 0.538. The van der Waals surface area contributed by atoms with Gasteiger partial charge in [-0.15, -0.1) is 10.2 Å². The summed E-state index contributed by atoms with van der Waals surface area (Å²) in [6, 6.07) is 5.51. The second-order valence-corrected chi connectivity index (χ2v) is 11.9. The van der Waals surface area contributed by atoms with Gasteiger partial charge in [-0.1, -0.05) is 32.3 Å². The third kappa shape index (κ3) is 5.23. The van der Waals surface area contributed by atoms with E-state index in [1.54, 1.807) is 33.5 Å². The van der Waals surface area contributed by atoms with E-state index in [0.29, 0.717) is 28.8 Å². The fourth-order valence-corrected chi connectivity index (χ4v) is 6.37. The van der Waals surface area contributed by atoms with Gasteiger partial charge in [0, 0.05) is 24.2 Å². The van der Waals surface area contributed by atoms with E-state index in [9.17, 15) is 8.42 Å². The van der Waals surface area contributed by atoms with Crippen LogP contribution in [0.3, 0.4) is 0 Å². The Morgan fingerprint density at radius 2 is 1.61 bits per heavy atom. The van der Waals surface area contributed by atoms with Crippen LogP contribution in [0.25, 0.3) is 5.69 Å². The highest BCUT2D eigenvalue weighted by Crippen LogP contribution is 2.39. The van der Waals surface area contributed by atoms with Crippen LogP contribution in [0, 0.1) is 6.92 Å². The fourth-order valence-electron chi connectivity index (χ4n) is 4.81. The maximum absolute atomic E-state index is 13.7. The van der Waals surface area contributed by atoms with Gasteiger partial charge in [0.2, 0.25) is 0 Å². The SMILES string of the molecule is COc1cccc(OC)c1-n1c(CS(=O)(=O)[C@@H](C)[C@H](C)c2ncc(C)cn2)nnc1C1CCCCC1. The minimum Gasteiger partial charge on any atom is -0.494 e. The van der Waals surface area contributed by atoms with Gasteiger partial charge in [-0.3, -0.25) is 4.57 Å². The predicted molar refractivity (Wildman–Crippen MR) is 138 cm³/mol. The molecule has 2 heterocycles. The Labute approximate surface area is 213 Å². The molecule has 2 atom stereocenters. The molecule has 1 aromatic carbocycles. The first-order chi connectivity index (χ1) is 17.3. The molecule has 10 heteroatoms. The molecular weight excluding hydrogens is 478 g/mol. The Balaban J connectivity index is 1.77. The number of hydrogen-bond acceptors (Lipinski definition) is 8. The quantitative estimate of drug-likeness (QED) is 0.410. The summed E-state index contributed by atoms with van der Waals surface area (Å²) in [6.45, 7) is 5.45. The van der Waals surface area contributed by atoms with Crippen LogP contribution in [-0.4, -0.2) is 52.6 Å². The molecule has 4 rings (SSSR count). The molecule has 0 aliphatic heterocycles. The van der Waals surface area contributed by atoms with Crippen molar-refractivity contribution in [2.24, 2.45) is 0 Å². The molecule has 0 radical (unpaired) electrons. The van der Waals surface area contributed by atoms with Crippen LogP contribution in [0.15, 0.2) is 30.6 Å². The van der Waals surface area contributed by atoms with E-state index in [2.05, 4.69) is 20.2 Å². The van der Waals surface area contributed by atoms with Gasteiger partial charge in [0.1, 0.15) is 34.6 Å². The van der Waals surface area contributed by atoms with Crippen molar-refractivity contribution in [3.8, 4) is 17.2 Å². The highest BCUT2D eigenvalue weighted by Gasteiger charge is 2.34. The average molecular weight is 514 g/mol. The number of para-hydroxylation sites is 1. The highest BCUT2D eigenvalue weighted by molar-refractivity contribution is 7.91. The lowest BCUT2D eigenvalue weighted by Crippen LogP contribution is -2.27. The Kier molecular flexibility index (Phi) is 7.92. The molecule has 1 saturated carbocycles. The molecule has 0 N–H and O–H groups in total. The molecule has 194 valence electrons. The lowest BCUT2D eigenvalue weighted by molar-refractivity contribution is 0.386. The van der Waals surface area contributed by atoms with E-state index in [1.165, 1.54) is 6.42 Å². The maximum atomic E-state index is 13.7. The van der Waals surface area contributed by atoms with Crippen molar-refractivity contribution in [1.29, 1.82) is 0 Å². The number of methoxy groups -OCH3 is 2. The largest absolute Gasteiger partial charge is 0.494 e. The second-order valence-electron chi connectivity index (χ2n) is 9.58. The van der Waals surface area contributed by atoms with Gasteiger partial charge in [0.15, 0.2) is 15.7 Å². The molecule has 0 amide bonds. The predicted octanol–water partition coefficient (Wildman–Crippen LogP) is 4.54. The molecule has 36 heavy (non-hydrogen) atoms. The summed E-state index contributed by atoms with van der Waals surface area (Å²) in [5, 5.41) is 8.24. The van der Waals surface area contributed by atoms with Crippen LogP contribution in [0.2, 0.25) is 0 Å². The number of aryl methyl sites for hydroxylation is 1. The first-order valence-electron chi connectivity index (χ1n) is 12.4. The Bertz CT molecular complexity index is 1260. The van der Waals surface area contributed by atoms with Crippen molar-refractivity contribution in [3.05, 3.63) is 53.6 Å². The summed E-state index contributed by atoms with van der Waals surface area (Å²) in [4.78, 5) is 8.71. The molecule has 1 aliphatic carbocycles. The molecule has 0 unspecified atom stereocenters. The highest BCUT2D eigenvalue weighted by atomic mass is 32.2. The summed E-state index contributed by atoms with van der Waals surface area (Å²) in [6.07, 6.45) is 8.80. The van der Waals surface area contributed by atoms with Gasteiger partial charge in [-0.25, -0.2) is 18.4 Å². The molecule has 0 saturated heterocycles. The number of hydrogen-bond donors (Lipinski definition) is 0. The minimum atomic E-state index is -3.64. The van der Waals surface area contributed by atoms with Gasteiger partial charge in [0.05, 0.1) is 19.5 Å². The first-order valence-corrected chi connectivity index (χ1v) is 14.1. The van der Waals surface area contributed by atoms with Crippen molar-refractivity contribution < 1.29 is 17.9 Å². The number of benzene rings is 1. The monoisotopic (exact) mass is 513 g/mol.